The molecule has 0 aliphatic heterocycles. The van der Waals surface area contributed by atoms with E-state index in [1.807, 2.05) is 22.7 Å². The van der Waals surface area contributed by atoms with Crippen molar-refractivity contribution in [3.63, 3.8) is 0 Å². The predicted octanol–water partition coefficient (Wildman–Crippen LogP) is 16.7. The van der Waals surface area contributed by atoms with Gasteiger partial charge in [-0.1, -0.05) is 158 Å². The third-order valence-corrected chi connectivity index (χ3v) is 15.0. The molecule has 0 spiro atoms. The molecule has 0 saturated carbocycles. The third-order valence-electron chi connectivity index (χ3n) is 12.7. The third kappa shape index (κ3) is 5.23. The Morgan fingerprint density at radius 2 is 0.917 bits per heavy atom. The first-order chi connectivity index (χ1) is 29.7. The molecule has 1 unspecified atom stereocenters. The van der Waals surface area contributed by atoms with E-state index in [1.165, 1.54) is 117 Å². The highest BCUT2D eigenvalue weighted by Gasteiger charge is 2.21. The van der Waals surface area contributed by atoms with Gasteiger partial charge in [-0.3, -0.25) is 0 Å². The summed E-state index contributed by atoms with van der Waals surface area (Å²) in [4.78, 5) is 0. The zero-order valence-corrected chi connectivity index (χ0v) is 34.1. The SMILES string of the molecule is c1ccc2cc(C(c3ccc(-c4cc(-n5c6ccccc6c6cc7ccccc7cc65)cc5c4sc4ccccc45)cc3)c3ccc4c(c3)sc3ccccc34)ccc2c1. The Bertz CT molecular complexity index is 3840. The second kappa shape index (κ2) is 13.2. The normalized spacial score (nSPS) is 12.6. The molecular weight excluding hydrogens is 763 g/mol. The van der Waals surface area contributed by atoms with Crippen molar-refractivity contribution in [3.8, 4) is 16.8 Å². The summed E-state index contributed by atoms with van der Waals surface area (Å²) in [6, 6.07) is 77.2. The van der Waals surface area contributed by atoms with Crippen molar-refractivity contribution < 1.29 is 0 Å². The zero-order valence-electron chi connectivity index (χ0n) is 32.5. The molecule has 0 radical (unpaired) electrons. The second-order valence-corrected chi connectivity index (χ2v) is 18.2. The van der Waals surface area contributed by atoms with E-state index in [0.29, 0.717) is 0 Å². The molecule has 0 N–H and O–H groups in total. The van der Waals surface area contributed by atoms with Crippen molar-refractivity contribution in [2.45, 2.75) is 5.92 Å². The van der Waals surface area contributed by atoms with Gasteiger partial charge in [-0.2, -0.15) is 0 Å². The van der Waals surface area contributed by atoms with Crippen molar-refractivity contribution in [2.75, 3.05) is 0 Å². The summed E-state index contributed by atoms with van der Waals surface area (Å²) in [5.41, 5.74) is 10.0. The maximum absolute atomic E-state index is 2.49. The summed E-state index contributed by atoms with van der Waals surface area (Å²) >= 11 is 3.79. The van der Waals surface area contributed by atoms with E-state index >= 15 is 0 Å². The molecule has 13 aromatic rings. The number of rotatable bonds is 5. The van der Waals surface area contributed by atoms with Crippen LogP contribution in [-0.4, -0.2) is 4.57 Å². The lowest BCUT2D eigenvalue weighted by Gasteiger charge is -2.20. The highest BCUT2D eigenvalue weighted by atomic mass is 32.1. The molecule has 0 amide bonds. The minimum absolute atomic E-state index is 0.0707. The lowest BCUT2D eigenvalue weighted by molar-refractivity contribution is 0.984. The van der Waals surface area contributed by atoms with Crippen LogP contribution in [0.3, 0.4) is 0 Å². The number of para-hydroxylation sites is 1. The highest BCUT2D eigenvalue weighted by molar-refractivity contribution is 7.26. The average Bonchev–Trinajstić information content (AvgIpc) is 3.97. The summed E-state index contributed by atoms with van der Waals surface area (Å²) < 4.78 is 7.78. The van der Waals surface area contributed by atoms with E-state index in [9.17, 15) is 0 Å². The maximum atomic E-state index is 2.49. The van der Waals surface area contributed by atoms with Gasteiger partial charge in [0, 0.05) is 68.3 Å². The van der Waals surface area contributed by atoms with Gasteiger partial charge in [0.1, 0.15) is 0 Å². The quantitative estimate of drug-likeness (QED) is 0.153. The molecule has 0 fully saturated rings. The lowest BCUT2D eigenvalue weighted by Crippen LogP contribution is -2.03. The van der Waals surface area contributed by atoms with Crippen LogP contribution in [0, 0.1) is 0 Å². The van der Waals surface area contributed by atoms with Crippen LogP contribution in [-0.2, 0) is 0 Å². The number of nitrogens with zero attached hydrogens (tertiary/aromatic N) is 1. The van der Waals surface area contributed by atoms with E-state index in [1.54, 1.807) is 0 Å². The summed E-state index contributed by atoms with van der Waals surface area (Å²) in [6.07, 6.45) is 0. The van der Waals surface area contributed by atoms with Gasteiger partial charge in [0.05, 0.1) is 11.0 Å². The first kappa shape index (κ1) is 33.9. The molecule has 280 valence electrons. The van der Waals surface area contributed by atoms with Gasteiger partial charge < -0.3 is 4.57 Å². The van der Waals surface area contributed by atoms with Gasteiger partial charge in [0.25, 0.3) is 0 Å². The molecule has 0 aliphatic carbocycles. The molecule has 0 aliphatic rings. The van der Waals surface area contributed by atoms with E-state index in [-0.39, 0.29) is 5.92 Å². The van der Waals surface area contributed by atoms with Crippen LogP contribution in [0.5, 0.6) is 0 Å². The topological polar surface area (TPSA) is 4.93 Å². The maximum Gasteiger partial charge on any atom is 0.0547 e. The summed E-state index contributed by atoms with van der Waals surface area (Å²) in [6.45, 7) is 0. The number of benzene rings is 10. The Hall–Kier alpha value is -7.04. The first-order valence-corrected chi connectivity index (χ1v) is 22.2. The van der Waals surface area contributed by atoms with Gasteiger partial charge in [0.2, 0.25) is 0 Å². The van der Waals surface area contributed by atoms with Gasteiger partial charge in [-0.05, 0) is 92.3 Å². The predicted molar refractivity (Wildman–Crippen MR) is 261 cm³/mol. The molecule has 13 rings (SSSR count). The number of hydrogen-bond donors (Lipinski definition) is 0. The fraction of sp³-hybridized carbons (Fsp3) is 0.0175. The average molecular weight is 798 g/mol. The molecule has 3 heterocycles. The van der Waals surface area contributed by atoms with E-state index in [4.69, 9.17) is 0 Å². The minimum Gasteiger partial charge on any atom is -0.309 e. The minimum atomic E-state index is 0.0707. The van der Waals surface area contributed by atoms with Crippen molar-refractivity contribution in [3.05, 3.63) is 223 Å². The van der Waals surface area contributed by atoms with Gasteiger partial charge in [0.15, 0.2) is 0 Å². The molecular formula is C57H35NS2. The summed E-state index contributed by atoms with van der Waals surface area (Å²) in [5, 5.41) is 12.8. The molecule has 0 saturated heterocycles. The number of aromatic nitrogens is 1. The smallest absolute Gasteiger partial charge is 0.0547 e. The standard InChI is InChI=1S/C57H35NS2/c1-2-12-38-29-41(26-21-35(38)11-1)56(42-27-28-47-45-16-6-9-19-53(45)59-55(47)32-42)37-24-22-36(23-25-37)48-33-43(34-50-46-17-7-10-20-54(46)60-57(48)50)58-51-18-8-5-15-44(51)49-30-39-13-3-4-14-40(39)31-52(49)58/h1-34,56H. The lowest BCUT2D eigenvalue weighted by atomic mass is 9.83. The zero-order chi connectivity index (χ0) is 39.3. The van der Waals surface area contributed by atoms with Gasteiger partial charge in [-0.25, -0.2) is 0 Å². The Labute approximate surface area is 354 Å². The van der Waals surface area contributed by atoms with Crippen molar-refractivity contribution >= 4 is 106 Å². The van der Waals surface area contributed by atoms with Crippen LogP contribution >= 0.6 is 22.7 Å². The van der Waals surface area contributed by atoms with Crippen LogP contribution in [0.2, 0.25) is 0 Å². The number of hydrogen-bond acceptors (Lipinski definition) is 2. The van der Waals surface area contributed by atoms with Crippen LogP contribution < -0.4 is 0 Å². The van der Waals surface area contributed by atoms with Crippen LogP contribution in [0.15, 0.2) is 206 Å². The Balaban J connectivity index is 1.01. The number of fused-ring (bicyclic) bond motifs is 11. The molecule has 1 atom stereocenters. The first-order valence-electron chi connectivity index (χ1n) is 20.6. The van der Waals surface area contributed by atoms with Crippen LogP contribution in [0.1, 0.15) is 22.6 Å². The molecule has 0 bridgehead atoms. The molecule has 10 aromatic carbocycles. The number of thiophene rings is 2. The Morgan fingerprint density at radius 1 is 0.333 bits per heavy atom. The van der Waals surface area contributed by atoms with Crippen molar-refractivity contribution in [1.29, 1.82) is 0 Å². The highest BCUT2D eigenvalue weighted by Crippen LogP contribution is 2.45. The van der Waals surface area contributed by atoms with Crippen LogP contribution in [0.25, 0.3) is 101 Å². The summed E-state index contributed by atoms with van der Waals surface area (Å²) in [5.74, 6) is 0.0707. The molecule has 60 heavy (non-hydrogen) atoms. The van der Waals surface area contributed by atoms with Crippen molar-refractivity contribution in [2.24, 2.45) is 0 Å². The fourth-order valence-electron chi connectivity index (χ4n) is 9.83. The molecule has 3 aromatic heterocycles. The summed E-state index contributed by atoms with van der Waals surface area (Å²) in [7, 11) is 0. The van der Waals surface area contributed by atoms with Crippen LogP contribution in [0.4, 0.5) is 0 Å². The molecule has 3 heteroatoms. The monoisotopic (exact) mass is 797 g/mol. The Kier molecular flexibility index (Phi) is 7.48. The Morgan fingerprint density at radius 3 is 1.72 bits per heavy atom. The van der Waals surface area contributed by atoms with E-state index < -0.39 is 0 Å². The van der Waals surface area contributed by atoms with Gasteiger partial charge in [-0.15, -0.1) is 22.7 Å². The van der Waals surface area contributed by atoms with E-state index in [0.717, 1.165) is 0 Å². The van der Waals surface area contributed by atoms with E-state index in [2.05, 4.69) is 211 Å². The van der Waals surface area contributed by atoms with Gasteiger partial charge >= 0.3 is 0 Å². The largest absolute Gasteiger partial charge is 0.309 e. The molecule has 1 nitrogen and oxygen atoms in total. The fourth-order valence-corrected chi connectivity index (χ4v) is 12.2. The second-order valence-electron chi connectivity index (χ2n) is 16.1. The van der Waals surface area contributed by atoms with Crippen molar-refractivity contribution in [1.82, 2.24) is 4.57 Å².